The van der Waals surface area contributed by atoms with Gasteiger partial charge >= 0.3 is 5.97 Å². The molecule has 6 heteroatoms. The van der Waals surface area contributed by atoms with Gasteiger partial charge in [0.15, 0.2) is 11.5 Å². The summed E-state index contributed by atoms with van der Waals surface area (Å²) in [5, 5.41) is 8.96. The van der Waals surface area contributed by atoms with Crippen LogP contribution in [0.2, 0.25) is 0 Å². The number of carboxylic acids is 1. The zero-order valence-corrected chi connectivity index (χ0v) is 12.4. The molecule has 1 atom stereocenters. The van der Waals surface area contributed by atoms with Crippen LogP contribution in [0.25, 0.3) is 0 Å². The highest BCUT2D eigenvalue weighted by molar-refractivity contribution is 5.88. The number of likely N-dealkylation sites (N-methyl/N-ethyl adjacent to an activating group) is 1. The highest BCUT2D eigenvalue weighted by Crippen LogP contribution is 2.28. The van der Waals surface area contributed by atoms with Crippen molar-refractivity contribution in [1.29, 1.82) is 0 Å². The van der Waals surface area contributed by atoms with Crippen LogP contribution in [-0.2, 0) is 4.74 Å². The first-order chi connectivity index (χ1) is 10.1. The number of carboxylic acid groups (broad SMARTS) is 1. The molecular weight excluding hydrogens is 274 g/mol. The molecule has 1 aliphatic heterocycles. The SMILES string of the molecule is CCN1CCOC(COc2ccc(C(=O)O)cc2OC)C1. The Morgan fingerprint density at radius 3 is 2.95 bits per heavy atom. The summed E-state index contributed by atoms with van der Waals surface area (Å²) in [6.45, 7) is 6.03. The summed E-state index contributed by atoms with van der Waals surface area (Å²) >= 11 is 0. The van der Waals surface area contributed by atoms with Gasteiger partial charge in [-0.05, 0) is 24.7 Å². The average molecular weight is 295 g/mol. The number of carbonyl (C=O) groups is 1. The lowest BCUT2D eigenvalue weighted by molar-refractivity contribution is -0.0466. The molecule has 0 bridgehead atoms. The molecule has 0 saturated carbocycles. The van der Waals surface area contributed by atoms with Crippen molar-refractivity contribution in [3.05, 3.63) is 23.8 Å². The molecule has 1 saturated heterocycles. The van der Waals surface area contributed by atoms with Gasteiger partial charge in [0.05, 0.1) is 19.3 Å². The number of nitrogens with zero attached hydrogens (tertiary/aromatic N) is 1. The Kier molecular flexibility index (Phi) is 5.41. The molecule has 1 aromatic carbocycles. The van der Waals surface area contributed by atoms with Gasteiger partial charge in [-0.1, -0.05) is 6.92 Å². The standard InChI is InChI=1S/C15H21NO5/c1-3-16-6-7-20-12(9-16)10-21-13-5-4-11(15(17)18)8-14(13)19-2/h4-5,8,12H,3,6-7,9-10H2,1-2H3,(H,17,18). The maximum absolute atomic E-state index is 10.9. The van der Waals surface area contributed by atoms with E-state index in [1.54, 1.807) is 6.07 Å². The second-order valence-corrected chi connectivity index (χ2v) is 4.87. The number of morpholine rings is 1. The summed E-state index contributed by atoms with van der Waals surface area (Å²) in [5.41, 5.74) is 0.172. The Bertz CT molecular complexity index is 491. The van der Waals surface area contributed by atoms with Gasteiger partial charge in [-0.2, -0.15) is 0 Å². The van der Waals surface area contributed by atoms with E-state index >= 15 is 0 Å². The largest absolute Gasteiger partial charge is 0.493 e. The van der Waals surface area contributed by atoms with Crippen molar-refractivity contribution < 1.29 is 24.1 Å². The molecule has 0 radical (unpaired) electrons. The van der Waals surface area contributed by atoms with Crippen LogP contribution in [0.5, 0.6) is 11.5 Å². The Balaban J connectivity index is 1.97. The maximum Gasteiger partial charge on any atom is 0.335 e. The lowest BCUT2D eigenvalue weighted by atomic mass is 10.2. The third-order valence-corrected chi connectivity index (χ3v) is 3.51. The van der Waals surface area contributed by atoms with E-state index in [2.05, 4.69) is 11.8 Å². The molecular formula is C15H21NO5. The van der Waals surface area contributed by atoms with E-state index in [0.29, 0.717) is 24.7 Å². The summed E-state index contributed by atoms with van der Waals surface area (Å²) < 4.78 is 16.6. The van der Waals surface area contributed by atoms with Crippen LogP contribution in [0.15, 0.2) is 18.2 Å². The highest BCUT2D eigenvalue weighted by Gasteiger charge is 2.20. The summed E-state index contributed by atoms with van der Waals surface area (Å²) in [6.07, 6.45) is 0.0163. The quantitative estimate of drug-likeness (QED) is 0.857. The summed E-state index contributed by atoms with van der Waals surface area (Å²) in [4.78, 5) is 13.2. The minimum absolute atomic E-state index is 0.0163. The fraction of sp³-hybridized carbons (Fsp3) is 0.533. The van der Waals surface area contributed by atoms with Gasteiger partial charge in [-0.25, -0.2) is 4.79 Å². The number of methoxy groups -OCH3 is 1. The predicted octanol–water partition coefficient (Wildman–Crippen LogP) is 1.49. The monoisotopic (exact) mass is 295 g/mol. The van der Waals surface area contributed by atoms with E-state index in [1.807, 2.05) is 0 Å². The zero-order chi connectivity index (χ0) is 15.2. The first kappa shape index (κ1) is 15.6. The van der Waals surface area contributed by atoms with Crippen LogP contribution in [0.1, 0.15) is 17.3 Å². The summed E-state index contributed by atoms with van der Waals surface area (Å²) in [6, 6.07) is 4.57. The van der Waals surface area contributed by atoms with Crippen LogP contribution in [0.4, 0.5) is 0 Å². The molecule has 0 aliphatic carbocycles. The van der Waals surface area contributed by atoms with Crippen molar-refractivity contribution in [3.63, 3.8) is 0 Å². The van der Waals surface area contributed by atoms with E-state index in [1.165, 1.54) is 19.2 Å². The molecule has 6 nitrogen and oxygen atoms in total. The van der Waals surface area contributed by atoms with Crippen molar-refractivity contribution in [2.24, 2.45) is 0 Å². The second kappa shape index (κ2) is 7.28. The minimum atomic E-state index is -0.992. The van der Waals surface area contributed by atoms with Crippen LogP contribution in [0, 0.1) is 0 Å². The lowest BCUT2D eigenvalue weighted by Gasteiger charge is -2.31. The number of hydrogen-bond acceptors (Lipinski definition) is 5. The lowest BCUT2D eigenvalue weighted by Crippen LogP contribution is -2.44. The Morgan fingerprint density at radius 1 is 1.48 bits per heavy atom. The summed E-state index contributed by atoms with van der Waals surface area (Å²) in [7, 11) is 1.49. The van der Waals surface area contributed by atoms with E-state index in [4.69, 9.17) is 19.3 Å². The van der Waals surface area contributed by atoms with Crippen molar-refractivity contribution in [1.82, 2.24) is 4.90 Å². The third kappa shape index (κ3) is 4.09. The Labute approximate surface area is 124 Å². The minimum Gasteiger partial charge on any atom is -0.493 e. The van der Waals surface area contributed by atoms with E-state index in [9.17, 15) is 4.79 Å². The molecule has 1 N–H and O–H groups in total. The van der Waals surface area contributed by atoms with Crippen LogP contribution < -0.4 is 9.47 Å². The van der Waals surface area contributed by atoms with Gasteiger partial charge in [-0.15, -0.1) is 0 Å². The van der Waals surface area contributed by atoms with Crippen molar-refractivity contribution in [3.8, 4) is 11.5 Å². The molecule has 1 aromatic rings. The van der Waals surface area contributed by atoms with Gasteiger partial charge in [0.1, 0.15) is 12.7 Å². The van der Waals surface area contributed by atoms with E-state index in [-0.39, 0.29) is 11.7 Å². The molecule has 0 amide bonds. The third-order valence-electron chi connectivity index (χ3n) is 3.51. The number of rotatable bonds is 6. The van der Waals surface area contributed by atoms with Crippen molar-refractivity contribution >= 4 is 5.97 Å². The maximum atomic E-state index is 10.9. The number of benzene rings is 1. The Hall–Kier alpha value is -1.79. The fourth-order valence-corrected chi connectivity index (χ4v) is 2.27. The first-order valence-electron chi connectivity index (χ1n) is 7.02. The topological polar surface area (TPSA) is 68.2 Å². The second-order valence-electron chi connectivity index (χ2n) is 4.87. The molecule has 1 aliphatic rings. The van der Waals surface area contributed by atoms with Gasteiger partial charge in [0.2, 0.25) is 0 Å². The van der Waals surface area contributed by atoms with Crippen molar-refractivity contribution in [2.75, 3.05) is 40.0 Å². The van der Waals surface area contributed by atoms with E-state index < -0.39 is 5.97 Å². The molecule has 1 fully saturated rings. The van der Waals surface area contributed by atoms with Crippen molar-refractivity contribution in [2.45, 2.75) is 13.0 Å². The van der Waals surface area contributed by atoms with Gasteiger partial charge in [0.25, 0.3) is 0 Å². The van der Waals surface area contributed by atoms with Gasteiger partial charge < -0.3 is 19.3 Å². The molecule has 1 unspecified atom stereocenters. The normalized spacial score (nSPS) is 19.2. The summed E-state index contributed by atoms with van der Waals surface area (Å²) in [5.74, 6) is -0.0492. The van der Waals surface area contributed by atoms with E-state index in [0.717, 1.165) is 19.6 Å². The zero-order valence-electron chi connectivity index (χ0n) is 12.4. The van der Waals surface area contributed by atoms with Crippen LogP contribution in [-0.4, -0.2) is 62.0 Å². The molecule has 0 spiro atoms. The van der Waals surface area contributed by atoms with Crippen LogP contribution in [0.3, 0.4) is 0 Å². The highest BCUT2D eigenvalue weighted by atomic mass is 16.5. The van der Waals surface area contributed by atoms with Gasteiger partial charge in [0, 0.05) is 13.1 Å². The molecule has 1 heterocycles. The Morgan fingerprint density at radius 2 is 2.29 bits per heavy atom. The molecule has 21 heavy (non-hydrogen) atoms. The fourth-order valence-electron chi connectivity index (χ4n) is 2.27. The number of ether oxygens (including phenoxy) is 3. The molecule has 116 valence electrons. The average Bonchev–Trinajstić information content (AvgIpc) is 2.52. The number of aromatic carboxylic acids is 1. The van der Waals surface area contributed by atoms with Crippen LogP contribution >= 0.6 is 0 Å². The first-order valence-corrected chi connectivity index (χ1v) is 7.02. The number of hydrogen-bond donors (Lipinski definition) is 1. The smallest absolute Gasteiger partial charge is 0.335 e. The predicted molar refractivity (Wildman–Crippen MR) is 77.3 cm³/mol. The molecule has 0 aromatic heterocycles. The van der Waals surface area contributed by atoms with Gasteiger partial charge in [-0.3, -0.25) is 4.90 Å². The molecule has 2 rings (SSSR count).